The average molecular weight is 257 g/mol. The van der Waals surface area contributed by atoms with Gasteiger partial charge < -0.3 is 20.3 Å². The highest BCUT2D eigenvalue weighted by atomic mass is 16.5. The maximum atomic E-state index is 9.38. The molecule has 0 spiro atoms. The van der Waals surface area contributed by atoms with Gasteiger partial charge in [-0.1, -0.05) is 6.42 Å². The van der Waals surface area contributed by atoms with Crippen LogP contribution in [-0.4, -0.2) is 43.7 Å². The zero-order valence-electron chi connectivity index (χ0n) is 11.3. The van der Waals surface area contributed by atoms with Crippen molar-refractivity contribution in [2.75, 3.05) is 33.0 Å². The maximum absolute atomic E-state index is 9.38. The first-order chi connectivity index (χ1) is 8.74. The van der Waals surface area contributed by atoms with Crippen molar-refractivity contribution in [1.82, 2.24) is 0 Å². The summed E-state index contributed by atoms with van der Waals surface area (Å²) in [6.45, 7) is 3.51. The molecule has 0 amide bonds. The predicted molar refractivity (Wildman–Crippen MR) is 70.3 cm³/mol. The van der Waals surface area contributed by atoms with E-state index in [-0.39, 0.29) is 12.1 Å². The molecule has 4 heteroatoms. The standard InChI is InChI=1S/C14H27NO3/c15-14(11-16)6-1-2-13(14)5-9-18-10-12-3-7-17-8-4-12/h12-13,16H,1-11,15H2. The monoisotopic (exact) mass is 257 g/mol. The Morgan fingerprint density at radius 3 is 2.78 bits per heavy atom. The fraction of sp³-hybridized carbons (Fsp3) is 1.00. The zero-order chi connectivity index (χ0) is 12.8. The fourth-order valence-corrected chi connectivity index (χ4v) is 3.20. The summed E-state index contributed by atoms with van der Waals surface area (Å²) in [5.74, 6) is 1.10. The number of aliphatic hydroxyl groups is 1. The summed E-state index contributed by atoms with van der Waals surface area (Å²) in [7, 11) is 0. The van der Waals surface area contributed by atoms with Gasteiger partial charge in [0.25, 0.3) is 0 Å². The van der Waals surface area contributed by atoms with Crippen LogP contribution in [-0.2, 0) is 9.47 Å². The van der Waals surface area contributed by atoms with Crippen LogP contribution in [0.1, 0.15) is 38.5 Å². The second-order valence-corrected chi connectivity index (χ2v) is 5.90. The minimum Gasteiger partial charge on any atom is -0.394 e. The van der Waals surface area contributed by atoms with Crippen molar-refractivity contribution >= 4 is 0 Å². The molecule has 2 atom stereocenters. The molecular weight excluding hydrogens is 230 g/mol. The number of nitrogens with two attached hydrogens (primary N) is 1. The molecule has 0 bridgehead atoms. The second-order valence-electron chi connectivity index (χ2n) is 5.90. The van der Waals surface area contributed by atoms with E-state index < -0.39 is 0 Å². The molecule has 1 saturated heterocycles. The molecule has 0 aromatic heterocycles. The first kappa shape index (κ1) is 14.3. The minimum absolute atomic E-state index is 0.109. The van der Waals surface area contributed by atoms with Crippen LogP contribution < -0.4 is 5.73 Å². The van der Waals surface area contributed by atoms with Gasteiger partial charge in [0.2, 0.25) is 0 Å². The van der Waals surface area contributed by atoms with Crippen LogP contribution in [0.4, 0.5) is 0 Å². The third-order valence-electron chi connectivity index (χ3n) is 4.61. The van der Waals surface area contributed by atoms with E-state index in [0.717, 1.165) is 65.0 Å². The van der Waals surface area contributed by atoms with Crippen LogP contribution >= 0.6 is 0 Å². The Bertz CT molecular complexity index is 243. The van der Waals surface area contributed by atoms with Gasteiger partial charge >= 0.3 is 0 Å². The Balaban J connectivity index is 1.60. The second kappa shape index (κ2) is 6.85. The molecular formula is C14H27NO3. The summed E-state index contributed by atoms with van der Waals surface area (Å²) >= 11 is 0. The van der Waals surface area contributed by atoms with Crippen molar-refractivity contribution in [3.8, 4) is 0 Å². The van der Waals surface area contributed by atoms with Crippen molar-refractivity contribution in [2.24, 2.45) is 17.6 Å². The van der Waals surface area contributed by atoms with Crippen molar-refractivity contribution < 1.29 is 14.6 Å². The molecule has 4 nitrogen and oxygen atoms in total. The Hall–Kier alpha value is -0.160. The lowest BCUT2D eigenvalue weighted by atomic mass is 9.87. The zero-order valence-corrected chi connectivity index (χ0v) is 11.3. The molecule has 2 unspecified atom stereocenters. The van der Waals surface area contributed by atoms with E-state index in [0.29, 0.717) is 11.8 Å². The van der Waals surface area contributed by atoms with Gasteiger partial charge in [0.1, 0.15) is 0 Å². The third-order valence-corrected chi connectivity index (χ3v) is 4.61. The van der Waals surface area contributed by atoms with Gasteiger partial charge in [0.15, 0.2) is 0 Å². The lowest BCUT2D eigenvalue weighted by molar-refractivity contribution is 0.0149. The predicted octanol–water partition coefficient (Wildman–Crippen LogP) is 1.31. The first-order valence-electron chi connectivity index (χ1n) is 7.30. The topological polar surface area (TPSA) is 64.7 Å². The van der Waals surface area contributed by atoms with Crippen molar-refractivity contribution in [3.05, 3.63) is 0 Å². The Morgan fingerprint density at radius 1 is 1.28 bits per heavy atom. The SMILES string of the molecule is NC1(CO)CCCC1CCOCC1CCOCC1. The van der Waals surface area contributed by atoms with Gasteiger partial charge in [0.05, 0.1) is 6.61 Å². The molecule has 3 N–H and O–H groups in total. The summed E-state index contributed by atoms with van der Waals surface area (Å²) in [4.78, 5) is 0. The van der Waals surface area contributed by atoms with Crippen molar-refractivity contribution in [2.45, 2.75) is 44.1 Å². The van der Waals surface area contributed by atoms with Gasteiger partial charge in [-0.15, -0.1) is 0 Å². The Kier molecular flexibility index (Phi) is 5.42. The normalized spacial score (nSPS) is 34.0. The number of aliphatic hydroxyl groups excluding tert-OH is 1. The molecule has 2 aliphatic rings. The van der Waals surface area contributed by atoms with E-state index in [2.05, 4.69) is 0 Å². The molecule has 1 saturated carbocycles. The van der Waals surface area contributed by atoms with Gasteiger partial charge in [-0.05, 0) is 43.9 Å². The van der Waals surface area contributed by atoms with Gasteiger partial charge in [-0.2, -0.15) is 0 Å². The van der Waals surface area contributed by atoms with E-state index in [9.17, 15) is 5.11 Å². The van der Waals surface area contributed by atoms with Crippen LogP contribution in [0.25, 0.3) is 0 Å². The lowest BCUT2D eigenvalue weighted by Gasteiger charge is -2.29. The van der Waals surface area contributed by atoms with Crippen LogP contribution in [0.2, 0.25) is 0 Å². The highest BCUT2D eigenvalue weighted by Crippen LogP contribution is 2.35. The highest BCUT2D eigenvalue weighted by molar-refractivity contribution is 4.95. The number of hydrogen-bond donors (Lipinski definition) is 2. The summed E-state index contributed by atoms with van der Waals surface area (Å²) < 4.78 is 11.1. The molecule has 2 rings (SSSR count). The quantitative estimate of drug-likeness (QED) is 0.704. The summed E-state index contributed by atoms with van der Waals surface area (Å²) in [5.41, 5.74) is 5.86. The molecule has 106 valence electrons. The van der Waals surface area contributed by atoms with Crippen molar-refractivity contribution in [3.63, 3.8) is 0 Å². The fourth-order valence-electron chi connectivity index (χ4n) is 3.20. The molecule has 0 aromatic carbocycles. The largest absolute Gasteiger partial charge is 0.394 e. The van der Waals surface area contributed by atoms with Crippen LogP contribution in [0.15, 0.2) is 0 Å². The van der Waals surface area contributed by atoms with Gasteiger partial charge in [0, 0.05) is 32.0 Å². The van der Waals surface area contributed by atoms with E-state index in [1.807, 2.05) is 0 Å². The summed E-state index contributed by atoms with van der Waals surface area (Å²) in [6.07, 6.45) is 6.47. The molecule has 1 aliphatic carbocycles. The Morgan fingerprint density at radius 2 is 2.06 bits per heavy atom. The van der Waals surface area contributed by atoms with E-state index in [1.54, 1.807) is 0 Å². The highest BCUT2D eigenvalue weighted by Gasteiger charge is 2.38. The average Bonchev–Trinajstić information content (AvgIpc) is 2.78. The van der Waals surface area contributed by atoms with E-state index in [1.165, 1.54) is 0 Å². The van der Waals surface area contributed by atoms with Gasteiger partial charge in [-0.3, -0.25) is 0 Å². The molecule has 1 aliphatic heterocycles. The molecule has 2 fully saturated rings. The van der Waals surface area contributed by atoms with Crippen molar-refractivity contribution in [1.29, 1.82) is 0 Å². The summed E-state index contributed by atoms with van der Waals surface area (Å²) in [6, 6.07) is 0. The van der Waals surface area contributed by atoms with Crippen LogP contribution in [0.5, 0.6) is 0 Å². The Labute approximate surface area is 110 Å². The smallest absolute Gasteiger partial charge is 0.0613 e. The maximum Gasteiger partial charge on any atom is 0.0613 e. The van der Waals surface area contributed by atoms with Gasteiger partial charge in [-0.25, -0.2) is 0 Å². The number of ether oxygens (including phenoxy) is 2. The van der Waals surface area contributed by atoms with E-state index in [4.69, 9.17) is 15.2 Å². The molecule has 0 aromatic rings. The van der Waals surface area contributed by atoms with E-state index >= 15 is 0 Å². The molecule has 18 heavy (non-hydrogen) atoms. The van der Waals surface area contributed by atoms with Crippen LogP contribution in [0, 0.1) is 11.8 Å². The van der Waals surface area contributed by atoms with Crippen LogP contribution in [0.3, 0.4) is 0 Å². The third kappa shape index (κ3) is 3.67. The number of rotatable bonds is 6. The number of hydrogen-bond acceptors (Lipinski definition) is 4. The minimum atomic E-state index is -0.345. The molecule has 0 radical (unpaired) electrons. The first-order valence-corrected chi connectivity index (χ1v) is 7.30. The summed E-state index contributed by atoms with van der Waals surface area (Å²) in [5, 5.41) is 9.38. The molecule has 1 heterocycles. The lowest BCUT2D eigenvalue weighted by Crippen LogP contribution is -2.47.